The van der Waals surface area contributed by atoms with E-state index in [2.05, 4.69) is 0 Å². The molecule has 2 atom stereocenters. The van der Waals surface area contributed by atoms with Crippen molar-refractivity contribution in [2.75, 3.05) is 48.8 Å². The summed E-state index contributed by atoms with van der Waals surface area (Å²) in [5.41, 5.74) is 1.92. The Kier molecular flexibility index (Phi) is 9.08. The molecule has 2 aromatic carbocycles. The molecule has 7 heteroatoms. The van der Waals surface area contributed by atoms with Crippen molar-refractivity contribution >= 4 is 0 Å². The summed E-state index contributed by atoms with van der Waals surface area (Å²) in [6.07, 6.45) is 1.14. The van der Waals surface area contributed by atoms with Gasteiger partial charge >= 0.3 is 0 Å². The van der Waals surface area contributed by atoms with Crippen molar-refractivity contribution in [3.05, 3.63) is 41.5 Å². The zero-order valence-electron chi connectivity index (χ0n) is 18.3. The first kappa shape index (κ1) is 23.6. The van der Waals surface area contributed by atoms with Crippen LogP contribution in [0.4, 0.5) is 0 Å². The predicted octanol–water partition coefficient (Wildman–Crippen LogP) is 2.73. The van der Waals surface area contributed by atoms with Crippen LogP contribution >= 0.6 is 0 Å². The van der Waals surface area contributed by atoms with E-state index in [4.69, 9.17) is 23.7 Å². The van der Waals surface area contributed by atoms with Crippen LogP contribution in [0.3, 0.4) is 0 Å². The van der Waals surface area contributed by atoms with Crippen molar-refractivity contribution in [2.24, 2.45) is 11.8 Å². The van der Waals surface area contributed by atoms with E-state index in [-0.39, 0.29) is 25.0 Å². The Hall–Kier alpha value is -2.64. The van der Waals surface area contributed by atoms with E-state index in [1.807, 2.05) is 30.3 Å². The zero-order valence-corrected chi connectivity index (χ0v) is 18.3. The minimum atomic E-state index is -0.161. The number of benzene rings is 2. The Bertz CT molecular complexity index is 781. The third-order valence-electron chi connectivity index (χ3n) is 5.30. The molecule has 0 aliphatic heterocycles. The fraction of sp³-hybridized carbons (Fsp3) is 0.478. The van der Waals surface area contributed by atoms with Crippen molar-refractivity contribution in [3.63, 3.8) is 0 Å². The highest BCUT2D eigenvalue weighted by Crippen LogP contribution is 2.39. The van der Waals surface area contributed by atoms with Gasteiger partial charge in [0.25, 0.3) is 0 Å². The molecule has 30 heavy (non-hydrogen) atoms. The zero-order chi connectivity index (χ0) is 22.1. The molecule has 0 aliphatic carbocycles. The monoisotopic (exact) mass is 420 g/mol. The smallest absolute Gasteiger partial charge is 0.203 e. The Morgan fingerprint density at radius 2 is 1.07 bits per heavy atom. The van der Waals surface area contributed by atoms with Crippen LogP contribution in [0.25, 0.3) is 0 Å². The highest BCUT2D eigenvalue weighted by Gasteiger charge is 2.23. The van der Waals surface area contributed by atoms with E-state index < -0.39 is 0 Å². The quantitative estimate of drug-likeness (QED) is 0.546. The van der Waals surface area contributed by atoms with Crippen molar-refractivity contribution in [1.82, 2.24) is 0 Å². The number of hydrogen-bond donors (Lipinski definition) is 2. The first-order chi connectivity index (χ1) is 14.5. The largest absolute Gasteiger partial charge is 0.493 e. The molecule has 0 aromatic heterocycles. The van der Waals surface area contributed by atoms with E-state index in [1.54, 1.807) is 35.5 Å². The van der Waals surface area contributed by atoms with Crippen LogP contribution in [0, 0.1) is 11.8 Å². The van der Waals surface area contributed by atoms with Gasteiger partial charge in [0.05, 0.1) is 35.5 Å². The lowest BCUT2D eigenvalue weighted by Crippen LogP contribution is -2.26. The van der Waals surface area contributed by atoms with Gasteiger partial charge in [-0.05, 0) is 60.1 Å². The minimum absolute atomic E-state index is 0.0516. The van der Waals surface area contributed by atoms with E-state index in [0.29, 0.717) is 41.6 Å². The van der Waals surface area contributed by atoms with Gasteiger partial charge in [-0.25, -0.2) is 0 Å². The highest BCUT2D eigenvalue weighted by molar-refractivity contribution is 5.54. The summed E-state index contributed by atoms with van der Waals surface area (Å²) >= 11 is 0. The number of rotatable bonds is 12. The summed E-state index contributed by atoms with van der Waals surface area (Å²) in [6, 6.07) is 9.42. The summed E-state index contributed by atoms with van der Waals surface area (Å²) in [7, 11) is 7.87. The molecule has 0 bridgehead atoms. The van der Waals surface area contributed by atoms with Crippen molar-refractivity contribution in [3.8, 4) is 28.7 Å². The average molecular weight is 421 g/mol. The van der Waals surface area contributed by atoms with Gasteiger partial charge in [-0.3, -0.25) is 0 Å². The molecule has 0 radical (unpaired) electrons. The van der Waals surface area contributed by atoms with Crippen molar-refractivity contribution < 1.29 is 33.9 Å². The van der Waals surface area contributed by atoms with E-state index >= 15 is 0 Å². The van der Waals surface area contributed by atoms with Crippen LogP contribution in [0.1, 0.15) is 11.1 Å². The molecule has 2 N–H and O–H groups in total. The lowest BCUT2D eigenvalue weighted by molar-refractivity contribution is 0.119. The van der Waals surface area contributed by atoms with Crippen molar-refractivity contribution in [2.45, 2.75) is 12.8 Å². The number of aliphatic hydroxyl groups is 2. The van der Waals surface area contributed by atoms with Gasteiger partial charge in [0.15, 0.2) is 23.0 Å². The van der Waals surface area contributed by atoms with E-state index in [1.165, 1.54) is 0 Å². The lowest BCUT2D eigenvalue weighted by atomic mass is 9.83. The second-order valence-corrected chi connectivity index (χ2v) is 7.02. The van der Waals surface area contributed by atoms with Gasteiger partial charge in [-0.1, -0.05) is 6.07 Å². The van der Waals surface area contributed by atoms with E-state index in [9.17, 15) is 10.2 Å². The van der Waals surface area contributed by atoms with Crippen LogP contribution in [-0.4, -0.2) is 59.0 Å². The molecule has 0 saturated carbocycles. The van der Waals surface area contributed by atoms with Gasteiger partial charge in [0.1, 0.15) is 0 Å². The molecule has 0 heterocycles. The molecular formula is C23H32O7. The SMILES string of the molecule is COc1ccc(C[C@@H](CO)[C@H](CO)Cc2cc(OC)c(OC)c(OC)c2)cc1OC. The highest BCUT2D eigenvalue weighted by atomic mass is 16.5. The normalized spacial score (nSPS) is 12.8. The number of ether oxygens (including phenoxy) is 5. The lowest BCUT2D eigenvalue weighted by Gasteiger charge is -2.25. The summed E-state index contributed by atoms with van der Waals surface area (Å²) in [5.74, 6) is 2.62. The molecule has 0 saturated heterocycles. The maximum absolute atomic E-state index is 10.1. The van der Waals surface area contributed by atoms with Crippen LogP contribution in [-0.2, 0) is 12.8 Å². The summed E-state index contributed by atoms with van der Waals surface area (Å²) in [5, 5.41) is 20.1. The first-order valence-corrected chi connectivity index (χ1v) is 9.76. The van der Waals surface area contributed by atoms with Crippen LogP contribution in [0.5, 0.6) is 28.7 Å². The Labute approximate surface area is 178 Å². The van der Waals surface area contributed by atoms with Gasteiger partial charge in [0.2, 0.25) is 5.75 Å². The van der Waals surface area contributed by atoms with E-state index in [0.717, 1.165) is 11.1 Å². The van der Waals surface area contributed by atoms with Gasteiger partial charge in [-0.15, -0.1) is 0 Å². The maximum atomic E-state index is 10.1. The molecule has 0 spiro atoms. The predicted molar refractivity (Wildman–Crippen MR) is 114 cm³/mol. The first-order valence-electron chi connectivity index (χ1n) is 9.76. The van der Waals surface area contributed by atoms with Gasteiger partial charge in [-0.2, -0.15) is 0 Å². The molecular weight excluding hydrogens is 388 g/mol. The fourth-order valence-corrected chi connectivity index (χ4v) is 3.63. The second-order valence-electron chi connectivity index (χ2n) is 7.02. The van der Waals surface area contributed by atoms with Crippen LogP contribution in [0.15, 0.2) is 30.3 Å². The van der Waals surface area contributed by atoms with Crippen molar-refractivity contribution in [1.29, 1.82) is 0 Å². The number of hydrogen-bond acceptors (Lipinski definition) is 7. The molecule has 166 valence electrons. The molecule has 2 rings (SSSR count). The summed E-state index contributed by atoms with van der Waals surface area (Å²) in [6.45, 7) is -0.112. The third-order valence-corrected chi connectivity index (χ3v) is 5.30. The molecule has 0 aliphatic rings. The molecule has 7 nitrogen and oxygen atoms in total. The standard InChI is InChI=1S/C23H32O7/c1-26-19-7-6-15(10-20(19)27-2)8-17(13-24)18(14-25)9-16-11-21(28-3)23(30-5)22(12-16)29-4/h6-7,10-12,17-18,24-25H,8-9,13-14H2,1-5H3/t17-,18-/m0/s1. The third kappa shape index (κ3) is 5.49. The second kappa shape index (κ2) is 11.5. The summed E-state index contributed by atoms with van der Waals surface area (Å²) < 4.78 is 26.9. The minimum Gasteiger partial charge on any atom is -0.493 e. The van der Waals surface area contributed by atoms with Crippen LogP contribution in [0.2, 0.25) is 0 Å². The topological polar surface area (TPSA) is 86.6 Å². The molecule has 0 unspecified atom stereocenters. The fourth-order valence-electron chi connectivity index (χ4n) is 3.63. The number of aliphatic hydroxyl groups excluding tert-OH is 2. The van der Waals surface area contributed by atoms with Gasteiger partial charge < -0.3 is 33.9 Å². The maximum Gasteiger partial charge on any atom is 0.203 e. The summed E-state index contributed by atoms with van der Waals surface area (Å²) in [4.78, 5) is 0. The molecule has 2 aromatic rings. The molecule has 0 fully saturated rings. The van der Waals surface area contributed by atoms with Crippen LogP contribution < -0.4 is 23.7 Å². The average Bonchev–Trinajstić information content (AvgIpc) is 2.79. The Morgan fingerprint density at radius 1 is 0.600 bits per heavy atom. The van der Waals surface area contributed by atoms with Gasteiger partial charge in [0, 0.05) is 13.2 Å². The Morgan fingerprint density at radius 3 is 1.50 bits per heavy atom. The Balaban J connectivity index is 2.25. The molecule has 0 amide bonds. The number of methoxy groups -OCH3 is 5.